The minimum absolute atomic E-state index is 0.0222. The van der Waals surface area contributed by atoms with Gasteiger partial charge in [-0.05, 0) is 31.0 Å². The summed E-state index contributed by atoms with van der Waals surface area (Å²) in [5.74, 6) is 0. The van der Waals surface area contributed by atoms with E-state index in [-0.39, 0.29) is 11.7 Å². The van der Waals surface area contributed by atoms with Gasteiger partial charge in [-0.3, -0.25) is 9.55 Å². The third-order valence-corrected chi connectivity index (χ3v) is 3.38. The van der Waals surface area contributed by atoms with Crippen LogP contribution in [0.1, 0.15) is 24.1 Å². The van der Waals surface area contributed by atoms with Crippen LogP contribution in [0.4, 0.5) is 0 Å². The molecule has 3 rings (SSSR count). The summed E-state index contributed by atoms with van der Waals surface area (Å²) in [4.78, 5) is 19.2. The van der Waals surface area contributed by atoms with Gasteiger partial charge in [0, 0.05) is 6.20 Å². The van der Waals surface area contributed by atoms with Crippen molar-refractivity contribution in [1.82, 2.24) is 14.5 Å². The third-order valence-electron chi connectivity index (χ3n) is 3.38. The molecule has 2 heterocycles. The van der Waals surface area contributed by atoms with Gasteiger partial charge in [-0.15, -0.1) is 0 Å². The molecule has 0 aliphatic rings. The van der Waals surface area contributed by atoms with Crippen molar-refractivity contribution in [3.63, 3.8) is 0 Å². The van der Waals surface area contributed by atoms with Crippen molar-refractivity contribution in [2.24, 2.45) is 0 Å². The van der Waals surface area contributed by atoms with Crippen LogP contribution in [0.3, 0.4) is 0 Å². The Morgan fingerprint density at radius 2 is 2.00 bits per heavy atom. The summed E-state index contributed by atoms with van der Waals surface area (Å²) >= 11 is 0. The molecule has 4 heteroatoms. The molecule has 0 bridgehead atoms. The quantitative estimate of drug-likeness (QED) is 0.763. The summed E-state index contributed by atoms with van der Waals surface area (Å²) < 4.78 is 1.75. The zero-order valence-electron chi connectivity index (χ0n) is 10.9. The van der Waals surface area contributed by atoms with Gasteiger partial charge in [-0.2, -0.15) is 0 Å². The monoisotopic (exact) mass is 253 g/mol. The molecule has 2 aromatic heterocycles. The van der Waals surface area contributed by atoms with Gasteiger partial charge in [0.15, 0.2) is 5.65 Å². The molecule has 1 atom stereocenters. The molecule has 0 spiro atoms. The smallest absolute Gasteiger partial charge is 0.290 e. The lowest BCUT2D eigenvalue weighted by molar-refractivity contribution is 0.635. The van der Waals surface area contributed by atoms with Crippen molar-refractivity contribution in [1.29, 1.82) is 0 Å². The summed E-state index contributed by atoms with van der Waals surface area (Å²) in [7, 11) is 0. The van der Waals surface area contributed by atoms with Crippen LogP contribution in [-0.4, -0.2) is 14.5 Å². The average Bonchev–Trinajstić information content (AvgIpc) is 2.74. The van der Waals surface area contributed by atoms with Crippen molar-refractivity contribution in [3.8, 4) is 0 Å². The van der Waals surface area contributed by atoms with Crippen LogP contribution in [0.5, 0.6) is 0 Å². The lowest BCUT2D eigenvalue weighted by atomic mass is 10.1. The average molecular weight is 253 g/mol. The molecule has 0 fully saturated rings. The third kappa shape index (κ3) is 1.95. The molecular formula is C15H15N3O. The first kappa shape index (κ1) is 11.7. The Hall–Kier alpha value is -2.36. The number of rotatable bonds is 2. The zero-order chi connectivity index (χ0) is 13.4. The second kappa shape index (κ2) is 4.39. The summed E-state index contributed by atoms with van der Waals surface area (Å²) in [5, 5.41) is 0. The molecule has 96 valence electrons. The highest BCUT2D eigenvalue weighted by Gasteiger charge is 2.15. The predicted molar refractivity (Wildman–Crippen MR) is 75.3 cm³/mol. The van der Waals surface area contributed by atoms with E-state index in [1.165, 1.54) is 0 Å². The molecule has 19 heavy (non-hydrogen) atoms. The lowest BCUT2D eigenvalue weighted by Gasteiger charge is -2.13. The van der Waals surface area contributed by atoms with Crippen LogP contribution >= 0.6 is 0 Å². The maximum atomic E-state index is 12.1. The SMILES string of the molecule is Cc1cnc2[nH]c(=O)n(C(C)c3ccccc3)c2c1. The molecule has 0 aliphatic heterocycles. The van der Waals surface area contributed by atoms with Crippen molar-refractivity contribution < 1.29 is 0 Å². The fourth-order valence-electron chi connectivity index (χ4n) is 2.37. The topological polar surface area (TPSA) is 50.7 Å². The molecule has 0 aliphatic carbocycles. The highest BCUT2D eigenvalue weighted by atomic mass is 16.1. The van der Waals surface area contributed by atoms with Gasteiger partial charge in [0.25, 0.3) is 0 Å². The molecule has 0 amide bonds. The number of pyridine rings is 1. The highest BCUT2D eigenvalue weighted by Crippen LogP contribution is 2.20. The number of aryl methyl sites for hydroxylation is 1. The molecule has 0 saturated carbocycles. The van der Waals surface area contributed by atoms with Crippen molar-refractivity contribution >= 4 is 11.2 Å². The van der Waals surface area contributed by atoms with E-state index in [2.05, 4.69) is 9.97 Å². The number of aromatic nitrogens is 3. The van der Waals surface area contributed by atoms with Crippen LogP contribution in [0, 0.1) is 6.92 Å². The van der Waals surface area contributed by atoms with Gasteiger partial charge in [0.1, 0.15) is 0 Å². The van der Waals surface area contributed by atoms with Crippen LogP contribution < -0.4 is 5.69 Å². The Morgan fingerprint density at radius 1 is 1.26 bits per heavy atom. The van der Waals surface area contributed by atoms with Crippen molar-refractivity contribution in [3.05, 3.63) is 64.2 Å². The van der Waals surface area contributed by atoms with Crippen LogP contribution in [-0.2, 0) is 0 Å². The predicted octanol–water partition coefficient (Wildman–Crippen LogP) is 2.64. The van der Waals surface area contributed by atoms with E-state index in [1.54, 1.807) is 10.8 Å². The van der Waals surface area contributed by atoms with Crippen molar-refractivity contribution in [2.75, 3.05) is 0 Å². The van der Waals surface area contributed by atoms with Gasteiger partial charge in [-0.25, -0.2) is 9.78 Å². The van der Waals surface area contributed by atoms with Gasteiger partial charge < -0.3 is 0 Å². The number of fused-ring (bicyclic) bond motifs is 1. The fraction of sp³-hybridized carbons (Fsp3) is 0.200. The summed E-state index contributed by atoms with van der Waals surface area (Å²) in [5.41, 5.74) is 3.51. The molecule has 1 aromatic carbocycles. The van der Waals surface area contributed by atoms with E-state index < -0.39 is 0 Å². The molecule has 3 aromatic rings. The first-order valence-corrected chi connectivity index (χ1v) is 6.28. The number of H-pyrrole nitrogens is 1. The zero-order valence-corrected chi connectivity index (χ0v) is 10.9. The van der Waals surface area contributed by atoms with Gasteiger partial charge in [-0.1, -0.05) is 30.3 Å². The normalized spacial score (nSPS) is 12.7. The molecule has 1 N–H and O–H groups in total. The van der Waals surface area contributed by atoms with Gasteiger partial charge >= 0.3 is 5.69 Å². The van der Waals surface area contributed by atoms with E-state index in [0.717, 1.165) is 16.6 Å². The summed E-state index contributed by atoms with van der Waals surface area (Å²) in [6, 6.07) is 12.0. The number of nitrogens with zero attached hydrogens (tertiary/aromatic N) is 2. The Labute approximate surface area is 110 Å². The van der Waals surface area contributed by atoms with Crippen LogP contribution in [0.15, 0.2) is 47.4 Å². The second-order valence-corrected chi connectivity index (χ2v) is 4.77. The minimum atomic E-state index is -0.121. The van der Waals surface area contributed by atoms with Crippen LogP contribution in [0.2, 0.25) is 0 Å². The summed E-state index contributed by atoms with van der Waals surface area (Å²) in [6.45, 7) is 3.99. The van der Waals surface area contributed by atoms with E-state index in [0.29, 0.717) is 5.65 Å². The molecule has 0 saturated heterocycles. The maximum absolute atomic E-state index is 12.1. The number of aromatic amines is 1. The first-order chi connectivity index (χ1) is 9.16. The summed E-state index contributed by atoms with van der Waals surface area (Å²) in [6.07, 6.45) is 1.76. The van der Waals surface area contributed by atoms with E-state index in [9.17, 15) is 4.79 Å². The number of nitrogens with one attached hydrogen (secondary N) is 1. The van der Waals surface area contributed by atoms with Crippen molar-refractivity contribution in [2.45, 2.75) is 19.9 Å². The van der Waals surface area contributed by atoms with E-state index >= 15 is 0 Å². The molecule has 1 unspecified atom stereocenters. The van der Waals surface area contributed by atoms with Crippen LogP contribution in [0.25, 0.3) is 11.2 Å². The Balaban J connectivity index is 2.22. The Morgan fingerprint density at radius 3 is 2.74 bits per heavy atom. The molecular weight excluding hydrogens is 238 g/mol. The molecule has 0 radical (unpaired) electrons. The number of hydrogen-bond acceptors (Lipinski definition) is 2. The maximum Gasteiger partial charge on any atom is 0.328 e. The Bertz CT molecular complexity index is 771. The largest absolute Gasteiger partial charge is 0.328 e. The Kier molecular flexibility index (Phi) is 2.71. The van der Waals surface area contributed by atoms with Gasteiger partial charge in [0.05, 0.1) is 11.6 Å². The number of hydrogen-bond donors (Lipinski definition) is 1. The number of benzene rings is 1. The standard InChI is InChI=1S/C15H15N3O/c1-10-8-13-14(16-9-10)17-15(19)18(13)11(2)12-6-4-3-5-7-12/h3-9,11H,1-2H3,(H,16,17,19). The minimum Gasteiger partial charge on any atom is -0.290 e. The van der Waals surface area contributed by atoms with E-state index in [1.807, 2.05) is 50.2 Å². The molecule has 4 nitrogen and oxygen atoms in total. The number of imidazole rings is 1. The second-order valence-electron chi connectivity index (χ2n) is 4.77. The first-order valence-electron chi connectivity index (χ1n) is 6.28. The van der Waals surface area contributed by atoms with E-state index in [4.69, 9.17) is 0 Å². The van der Waals surface area contributed by atoms with Gasteiger partial charge in [0.2, 0.25) is 0 Å². The lowest BCUT2D eigenvalue weighted by Crippen LogP contribution is -2.21. The fourth-order valence-corrected chi connectivity index (χ4v) is 2.37. The highest BCUT2D eigenvalue weighted by molar-refractivity contribution is 5.71.